The first-order valence-electron chi connectivity index (χ1n) is 9.13. The maximum atomic E-state index is 12.8. The van der Waals surface area contributed by atoms with Crippen LogP contribution in [0.3, 0.4) is 0 Å². The SMILES string of the molecule is Cc1ccc(Cn2nc(C)c(C(=O)NC[C@@H](c3cccs3)N(C)C)c2Cl)cc1. The van der Waals surface area contributed by atoms with Crippen LogP contribution in [0.25, 0.3) is 0 Å². The number of nitrogens with zero attached hydrogens (tertiary/aromatic N) is 3. The molecule has 2 heterocycles. The van der Waals surface area contributed by atoms with E-state index in [2.05, 4.69) is 40.4 Å². The molecule has 3 aromatic rings. The van der Waals surface area contributed by atoms with Gasteiger partial charge in [0.2, 0.25) is 0 Å². The summed E-state index contributed by atoms with van der Waals surface area (Å²) in [6.45, 7) is 4.90. The van der Waals surface area contributed by atoms with E-state index in [1.165, 1.54) is 10.4 Å². The predicted molar refractivity (Wildman–Crippen MR) is 115 cm³/mol. The van der Waals surface area contributed by atoms with E-state index in [-0.39, 0.29) is 11.9 Å². The standard InChI is InChI=1S/C21H25ClN4OS/c1-14-7-9-16(10-8-14)13-26-20(22)19(15(2)24-26)21(27)23-12-17(25(3)4)18-6-5-11-28-18/h5-11,17H,12-13H2,1-4H3,(H,23,27)/t17-/m0/s1. The van der Waals surface area contributed by atoms with Crippen LogP contribution in [0.4, 0.5) is 0 Å². The van der Waals surface area contributed by atoms with E-state index in [1.54, 1.807) is 16.0 Å². The summed E-state index contributed by atoms with van der Waals surface area (Å²) in [4.78, 5) is 16.1. The van der Waals surface area contributed by atoms with Crippen LogP contribution in [-0.4, -0.2) is 41.2 Å². The highest BCUT2D eigenvalue weighted by molar-refractivity contribution is 7.10. The van der Waals surface area contributed by atoms with E-state index in [4.69, 9.17) is 11.6 Å². The normalized spacial score (nSPS) is 12.4. The number of hydrogen-bond donors (Lipinski definition) is 1. The van der Waals surface area contributed by atoms with Crippen LogP contribution < -0.4 is 5.32 Å². The van der Waals surface area contributed by atoms with Crippen LogP contribution in [0.15, 0.2) is 41.8 Å². The molecule has 0 saturated heterocycles. The van der Waals surface area contributed by atoms with Crippen molar-refractivity contribution in [3.8, 4) is 0 Å². The van der Waals surface area contributed by atoms with E-state index in [0.717, 1.165) is 5.56 Å². The van der Waals surface area contributed by atoms with Crippen LogP contribution >= 0.6 is 22.9 Å². The second-order valence-corrected chi connectivity index (χ2v) is 8.44. The summed E-state index contributed by atoms with van der Waals surface area (Å²) in [5.41, 5.74) is 3.37. The highest BCUT2D eigenvalue weighted by atomic mass is 35.5. The Morgan fingerprint density at radius 1 is 1.25 bits per heavy atom. The van der Waals surface area contributed by atoms with Crippen molar-refractivity contribution >= 4 is 28.8 Å². The molecule has 28 heavy (non-hydrogen) atoms. The smallest absolute Gasteiger partial charge is 0.256 e. The fourth-order valence-electron chi connectivity index (χ4n) is 3.08. The van der Waals surface area contributed by atoms with Gasteiger partial charge in [0.1, 0.15) is 5.15 Å². The van der Waals surface area contributed by atoms with Gasteiger partial charge < -0.3 is 10.2 Å². The molecule has 0 aliphatic rings. The number of carbonyl (C=O) groups excluding carboxylic acids is 1. The van der Waals surface area contributed by atoms with Gasteiger partial charge in [-0.05, 0) is 45.0 Å². The van der Waals surface area contributed by atoms with Gasteiger partial charge in [0.05, 0.1) is 23.8 Å². The third-order valence-corrected chi connectivity index (χ3v) is 6.05. The zero-order valence-electron chi connectivity index (χ0n) is 16.6. The van der Waals surface area contributed by atoms with Crippen molar-refractivity contribution in [2.24, 2.45) is 0 Å². The van der Waals surface area contributed by atoms with E-state index in [0.29, 0.717) is 29.5 Å². The Balaban J connectivity index is 1.73. The van der Waals surface area contributed by atoms with E-state index in [9.17, 15) is 4.79 Å². The van der Waals surface area contributed by atoms with Crippen LogP contribution in [0, 0.1) is 13.8 Å². The third kappa shape index (κ3) is 4.63. The molecule has 2 aromatic heterocycles. The van der Waals surface area contributed by atoms with Crippen LogP contribution in [0.2, 0.25) is 5.15 Å². The van der Waals surface area contributed by atoms with Gasteiger partial charge in [-0.2, -0.15) is 5.10 Å². The lowest BCUT2D eigenvalue weighted by molar-refractivity contribution is 0.0941. The van der Waals surface area contributed by atoms with E-state index in [1.807, 2.05) is 44.6 Å². The fraction of sp³-hybridized carbons (Fsp3) is 0.333. The molecule has 0 aliphatic heterocycles. The van der Waals surface area contributed by atoms with Crippen molar-refractivity contribution in [2.75, 3.05) is 20.6 Å². The number of hydrogen-bond acceptors (Lipinski definition) is 4. The first kappa shape index (κ1) is 20.6. The number of aromatic nitrogens is 2. The molecule has 1 atom stereocenters. The Morgan fingerprint density at radius 3 is 2.57 bits per heavy atom. The summed E-state index contributed by atoms with van der Waals surface area (Å²) in [5.74, 6) is -0.193. The van der Waals surface area contributed by atoms with Crippen molar-refractivity contribution in [1.82, 2.24) is 20.0 Å². The highest BCUT2D eigenvalue weighted by Gasteiger charge is 2.22. The van der Waals surface area contributed by atoms with Crippen molar-refractivity contribution < 1.29 is 4.79 Å². The van der Waals surface area contributed by atoms with E-state index < -0.39 is 0 Å². The molecule has 0 spiro atoms. The molecule has 0 saturated carbocycles. The molecule has 0 fully saturated rings. The molecule has 0 unspecified atom stereocenters. The Hall–Kier alpha value is -2.15. The fourth-order valence-corrected chi connectivity index (χ4v) is 4.32. The van der Waals surface area contributed by atoms with Gasteiger partial charge in [-0.3, -0.25) is 4.79 Å². The Labute approximate surface area is 174 Å². The summed E-state index contributed by atoms with van der Waals surface area (Å²) in [5, 5.41) is 9.91. The zero-order valence-corrected chi connectivity index (χ0v) is 18.1. The van der Waals surface area contributed by atoms with Gasteiger partial charge >= 0.3 is 0 Å². The summed E-state index contributed by atoms with van der Waals surface area (Å²) < 4.78 is 1.68. The van der Waals surface area contributed by atoms with Gasteiger partial charge in [0.15, 0.2) is 0 Å². The Morgan fingerprint density at radius 2 is 1.96 bits per heavy atom. The number of carbonyl (C=O) groups is 1. The lowest BCUT2D eigenvalue weighted by atomic mass is 10.1. The number of likely N-dealkylation sites (N-methyl/N-ethyl adjacent to an activating group) is 1. The molecule has 5 nitrogen and oxygen atoms in total. The molecular weight excluding hydrogens is 392 g/mol. The monoisotopic (exact) mass is 416 g/mol. The number of rotatable bonds is 7. The van der Waals surface area contributed by atoms with Crippen molar-refractivity contribution in [2.45, 2.75) is 26.4 Å². The van der Waals surface area contributed by atoms with Crippen LogP contribution in [0.5, 0.6) is 0 Å². The summed E-state index contributed by atoms with van der Waals surface area (Å²) in [6, 6.07) is 12.4. The molecule has 0 aliphatic carbocycles. The van der Waals surface area contributed by atoms with Crippen molar-refractivity contribution in [3.05, 3.63) is 74.2 Å². The summed E-state index contributed by atoms with van der Waals surface area (Å²) >= 11 is 8.20. The quantitative estimate of drug-likeness (QED) is 0.624. The van der Waals surface area contributed by atoms with Gasteiger partial charge in [-0.25, -0.2) is 4.68 Å². The Kier molecular flexibility index (Phi) is 6.54. The summed E-state index contributed by atoms with van der Waals surface area (Å²) in [6.07, 6.45) is 0. The largest absolute Gasteiger partial charge is 0.350 e. The number of benzene rings is 1. The molecule has 3 rings (SSSR count). The highest BCUT2D eigenvalue weighted by Crippen LogP contribution is 2.24. The van der Waals surface area contributed by atoms with Crippen molar-refractivity contribution in [3.63, 3.8) is 0 Å². The molecule has 1 N–H and O–H groups in total. The van der Waals surface area contributed by atoms with Crippen LogP contribution in [-0.2, 0) is 6.54 Å². The maximum Gasteiger partial charge on any atom is 0.256 e. The van der Waals surface area contributed by atoms with Gasteiger partial charge in [-0.15, -0.1) is 11.3 Å². The number of amides is 1. The second-order valence-electron chi connectivity index (χ2n) is 7.10. The van der Waals surface area contributed by atoms with Gasteiger partial charge in [0, 0.05) is 11.4 Å². The lowest BCUT2D eigenvalue weighted by Gasteiger charge is -2.23. The minimum absolute atomic E-state index is 0.116. The van der Waals surface area contributed by atoms with Gasteiger partial charge in [-0.1, -0.05) is 47.5 Å². The number of aryl methyl sites for hydroxylation is 2. The molecule has 1 aromatic carbocycles. The minimum Gasteiger partial charge on any atom is -0.350 e. The number of thiophene rings is 1. The molecular formula is C21H25ClN4OS. The third-order valence-electron chi connectivity index (χ3n) is 4.70. The zero-order chi connectivity index (χ0) is 20.3. The average molecular weight is 417 g/mol. The lowest BCUT2D eigenvalue weighted by Crippen LogP contribution is -2.34. The predicted octanol–water partition coefficient (Wildman–Crippen LogP) is 4.30. The average Bonchev–Trinajstić information content (AvgIpc) is 3.25. The number of nitrogens with one attached hydrogen (secondary N) is 1. The molecule has 148 valence electrons. The molecule has 0 radical (unpaired) electrons. The first-order chi connectivity index (χ1) is 13.4. The first-order valence-corrected chi connectivity index (χ1v) is 10.4. The molecule has 1 amide bonds. The molecule has 0 bridgehead atoms. The van der Waals surface area contributed by atoms with E-state index >= 15 is 0 Å². The minimum atomic E-state index is -0.193. The number of halogens is 1. The van der Waals surface area contributed by atoms with Crippen molar-refractivity contribution in [1.29, 1.82) is 0 Å². The van der Waals surface area contributed by atoms with Gasteiger partial charge in [0.25, 0.3) is 5.91 Å². The molecule has 7 heteroatoms. The van der Waals surface area contributed by atoms with Crippen LogP contribution in [0.1, 0.15) is 38.1 Å². The topological polar surface area (TPSA) is 50.2 Å². The maximum absolute atomic E-state index is 12.8. The second kappa shape index (κ2) is 8.90. The summed E-state index contributed by atoms with van der Waals surface area (Å²) in [7, 11) is 4.02. The Bertz CT molecular complexity index is 932.